The second-order valence-electron chi connectivity index (χ2n) is 5.83. The van der Waals surface area contributed by atoms with Crippen molar-refractivity contribution in [1.29, 1.82) is 0 Å². The molecule has 0 aliphatic carbocycles. The number of H-pyrrole nitrogens is 1. The number of aryl methyl sites for hydroxylation is 2. The largest absolute Gasteiger partial charge is 0.377 e. The van der Waals surface area contributed by atoms with Crippen LogP contribution in [0.4, 0.5) is 4.39 Å². The molecule has 1 amide bonds. The lowest BCUT2D eigenvalue weighted by atomic mass is 10.0. The Balaban J connectivity index is 1.81. The number of rotatable bonds is 3. The summed E-state index contributed by atoms with van der Waals surface area (Å²) >= 11 is 0. The molecule has 1 atom stereocenters. The molecule has 1 fully saturated rings. The van der Waals surface area contributed by atoms with Gasteiger partial charge in [0.2, 0.25) is 5.91 Å². The Morgan fingerprint density at radius 3 is 2.78 bits per heavy atom. The van der Waals surface area contributed by atoms with Gasteiger partial charge in [0.1, 0.15) is 5.82 Å². The Morgan fingerprint density at radius 2 is 2.13 bits per heavy atom. The maximum atomic E-state index is 13.0. The number of benzene rings is 1. The minimum Gasteiger partial charge on any atom is -0.377 e. The fraction of sp³-hybridized carbons (Fsp3) is 0.412. The number of hydrogen-bond donors (Lipinski definition) is 1. The second kappa shape index (κ2) is 6.50. The lowest BCUT2D eigenvalue weighted by Gasteiger charge is -2.36. The summed E-state index contributed by atoms with van der Waals surface area (Å²) in [5.74, 6) is -0.278. The minimum absolute atomic E-state index is 0.0184. The average molecular weight is 317 g/mol. The van der Waals surface area contributed by atoms with E-state index in [-0.39, 0.29) is 24.2 Å². The van der Waals surface area contributed by atoms with Crippen molar-refractivity contribution in [3.05, 3.63) is 52.6 Å². The molecule has 1 saturated heterocycles. The van der Waals surface area contributed by atoms with Gasteiger partial charge in [0, 0.05) is 17.8 Å². The van der Waals surface area contributed by atoms with Gasteiger partial charge in [0.15, 0.2) is 0 Å². The lowest BCUT2D eigenvalue weighted by Crippen LogP contribution is -2.44. The molecule has 6 heteroatoms. The summed E-state index contributed by atoms with van der Waals surface area (Å²) in [4.78, 5) is 14.6. The van der Waals surface area contributed by atoms with Gasteiger partial charge in [-0.05, 0) is 31.5 Å². The highest BCUT2D eigenvalue weighted by Gasteiger charge is 2.31. The number of halogens is 1. The molecule has 0 bridgehead atoms. The molecule has 0 saturated carbocycles. The fourth-order valence-corrected chi connectivity index (χ4v) is 3.07. The summed E-state index contributed by atoms with van der Waals surface area (Å²) in [7, 11) is 0. The summed E-state index contributed by atoms with van der Waals surface area (Å²) in [6.07, 6.45) is 0.257. The Labute approximate surface area is 134 Å². The SMILES string of the molecule is Cc1n[nH]c(C)c1[C@@H]1COCCN1C(=O)Cc1ccc(F)cc1. The molecule has 1 aliphatic heterocycles. The Morgan fingerprint density at radius 1 is 1.39 bits per heavy atom. The zero-order valence-electron chi connectivity index (χ0n) is 13.3. The number of hydrogen-bond acceptors (Lipinski definition) is 3. The van der Waals surface area contributed by atoms with Crippen LogP contribution in [0, 0.1) is 19.7 Å². The van der Waals surface area contributed by atoms with Gasteiger partial charge < -0.3 is 9.64 Å². The third-order valence-electron chi connectivity index (χ3n) is 4.24. The molecule has 1 aromatic carbocycles. The molecule has 3 rings (SSSR count). The lowest BCUT2D eigenvalue weighted by molar-refractivity contribution is -0.139. The highest BCUT2D eigenvalue weighted by molar-refractivity contribution is 5.79. The predicted molar refractivity (Wildman–Crippen MR) is 83.4 cm³/mol. The van der Waals surface area contributed by atoms with E-state index in [0.717, 1.165) is 22.5 Å². The third-order valence-corrected chi connectivity index (χ3v) is 4.24. The van der Waals surface area contributed by atoms with E-state index in [1.807, 2.05) is 18.7 Å². The number of carbonyl (C=O) groups excluding carboxylic acids is 1. The van der Waals surface area contributed by atoms with Gasteiger partial charge in [0.05, 0.1) is 31.4 Å². The summed E-state index contributed by atoms with van der Waals surface area (Å²) in [5, 5.41) is 7.18. The third kappa shape index (κ3) is 3.27. The minimum atomic E-state index is -0.296. The molecule has 5 nitrogen and oxygen atoms in total. The van der Waals surface area contributed by atoms with Crippen LogP contribution in [-0.4, -0.2) is 40.8 Å². The first-order chi connectivity index (χ1) is 11.1. The van der Waals surface area contributed by atoms with Crippen molar-refractivity contribution >= 4 is 5.91 Å². The van der Waals surface area contributed by atoms with Gasteiger partial charge in [0.25, 0.3) is 0 Å². The average Bonchev–Trinajstić information content (AvgIpc) is 2.88. The molecule has 0 radical (unpaired) electrons. The van der Waals surface area contributed by atoms with Gasteiger partial charge in [-0.1, -0.05) is 12.1 Å². The van der Waals surface area contributed by atoms with Crippen molar-refractivity contribution in [3.8, 4) is 0 Å². The first kappa shape index (κ1) is 15.7. The van der Waals surface area contributed by atoms with Crippen LogP contribution in [0.2, 0.25) is 0 Å². The molecule has 1 aromatic heterocycles. The maximum Gasteiger partial charge on any atom is 0.227 e. The van der Waals surface area contributed by atoms with Crippen LogP contribution >= 0.6 is 0 Å². The Bertz CT molecular complexity index is 677. The highest BCUT2D eigenvalue weighted by atomic mass is 19.1. The Kier molecular flexibility index (Phi) is 4.43. The first-order valence-corrected chi connectivity index (χ1v) is 7.69. The van der Waals surface area contributed by atoms with Crippen LogP contribution in [-0.2, 0) is 16.0 Å². The van der Waals surface area contributed by atoms with Crippen LogP contribution in [0.1, 0.15) is 28.6 Å². The monoisotopic (exact) mass is 317 g/mol. The standard InChI is InChI=1S/C17H20FN3O2/c1-11-17(12(2)20-19-11)15-10-23-8-7-21(15)16(22)9-13-3-5-14(18)6-4-13/h3-6,15H,7-10H2,1-2H3,(H,19,20)/t15-/m0/s1. The molecular weight excluding hydrogens is 297 g/mol. The molecule has 1 aliphatic rings. The topological polar surface area (TPSA) is 58.2 Å². The number of nitrogens with one attached hydrogen (secondary N) is 1. The van der Waals surface area contributed by atoms with Crippen LogP contribution in [0.3, 0.4) is 0 Å². The van der Waals surface area contributed by atoms with Crippen molar-refractivity contribution in [1.82, 2.24) is 15.1 Å². The van der Waals surface area contributed by atoms with Crippen LogP contribution in [0.15, 0.2) is 24.3 Å². The van der Waals surface area contributed by atoms with Crippen LogP contribution < -0.4 is 0 Å². The number of aromatic amines is 1. The van der Waals surface area contributed by atoms with Crippen molar-refractivity contribution in [3.63, 3.8) is 0 Å². The summed E-state index contributed by atoms with van der Waals surface area (Å²) < 4.78 is 18.6. The fourth-order valence-electron chi connectivity index (χ4n) is 3.07. The number of aromatic nitrogens is 2. The van der Waals surface area contributed by atoms with Crippen LogP contribution in [0.5, 0.6) is 0 Å². The highest BCUT2D eigenvalue weighted by Crippen LogP contribution is 2.28. The van der Waals surface area contributed by atoms with Gasteiger partial charge in [-0.15, -0.1) is 0 Å². The van der Waals surface area contributed by atoms with E-state index in [2.05, 4.69) is 10.2 Å². The van der Waals surface area contributed by atoms with Gasteiger partial charge in [-0.25, -0.2) is 4.39 Å². The smallest absolute Gasteiger partial charge is 0.227 e. The van der Waals surface area contributed by atoms with E-state index in [4.69, 9.17) is 4.74 Å². The molecule has 0 unspecified atom stereocenters. The van der Waals surface area contributed by atoms with E-state index in [1.54, 1.807) is 12.1 Å². The van der Waals surface area contributed by atoms with E-state index < -0.39 is 0 Å². The first-order valence-electron chi connectivity index (χ1n) is 7.69. The zero-order chi connectivity index (χ0) is 16.4. The molecule has 23 heavy (non-hydrogen) atoms. The predicted octanol–water partition coefficient (Wildman–Crippen LogP) is 2.31. The molecule has 0 spiro atoms. The summed E-state index contributed by atoms with van der Waals surface area (Å²) in [6.45, 7) is 5.43. The van der Waals surface area contributed by atoms with E-state index >= 15 is 0 Å². The number of nitrogens with zero attached hydrogens (tertiary/aromatic N) is 2. The zero-order valence-corrected chi connectivity index (χ0v) is 13.3. The van der Waals surface area contributed by atoms with Gasteiger partial charge >= 0.3 is 0 Å². The van der Waals surface area contributed by atoms with Gasteiger partial charge in [-0.2, -0.15) is 5.10 Å². The van der Waals surface area contributed by atoms with E-state index in [1.165, 1.54) is 12.1 Å². The number of morpholine rings is 1. The summed E-state index contributed by atoms with van der Waals surface area (Å²) in [6, 6.07) is 5.93. The van der Waals surface area contributed by atoms with Crippen molar-refractivity contribution < 1.29 is 13.9 Å². The normalized spacial score (nSPS) is 18.2. The quantitative estimate of drug-likeness (QED) is 0.945. The number of ether oxygens (including phenoxy) is 1. The molecular formula is C17H20FN3O2. The molecule has 2 heterocycles. The molecule has 1 N–H and O–H groups in total. The number of amides is 1. The molecule has 2 aromatic rings. The maximum absolute atomic E-state index is 13.0. The molecule has 122 valence electrons. The van der Waals surface area contributed by atoms with Crippen molar-refractivity contribution in [2.24, 2.45) is 0 Å². The van der Waals surface area contributed by atoms with Crippen molar-refractivity contribution in [2.75, 3.05) is 19.8 Å². The number of carbonyl (C=O) groups is 1. The summed E-state index contributed by atoms with van der Waals surface area (Å²) in [5.41, 5.74) is 3.68. The van der Waals surface area contributed by atoms with E-state index in [9.17, 15) is 9.18 Å². The second-order valence-corrected chi connectivity index (χ2v) is 5.83. The Hall–Kier alpha value is -2.21. The van der Waals surface area contributed by atoms with Crippen LogP contribution in [0.25, 0.3) is 0 Å². The van der Waals surface area contributed by atoms with Gasteiger partial charge in [-0.3, -0.25) is 9.89 Å². The van der Waals surface area contributed by atoms with E-state index in [0.29, 0.717) is 19.8 Å². The van der Waals surface area contributed by atoms with Crippen molar-refractivity contribution in [2.45, 2.75) is 26.3 Å².